The third-order valence-corrected chi connectivity index (χ3v) is 3.56. The second-order valence-corrected chi connectivity index (χ2v) is 5.51. The fraction of sp³-hybridized carbons (Fsp3) is 0.294. The van der Waals surface area contributed by atoms with E-state index in [0.29, 0.717) is 17.4 Å². The van der Waals surface area contributed by atoms with Crippen LogP contribution < -0.4 is 4.74 Å². The normalized spacial score (nSPS) is 12.2. The molecule has 0 aliphatic carbocycles. The molecule has 106 valence electrons. The number of hydrogen-bond acceptors (Lipinski definition) is 2. The number of benzene rings is 2. The zero-order chi connectivity index (χ0) is 14.7. The molecule has 0 fully saturated rings. The molecular weight excluding hydrogens is 272 g/mol. The van der Waals surface area contributed by atoms with Crippen molar-refractivity contribution in [1.82, 2.24) is 0 Å². The van der Waals surface area contributed by atoms with E-state index in [0.717, 1.165) is 22.3 Å². The van der Waals surface area contributed by atoms with Crippen molar-refractivity contribution in [3.8, 4) is 5.75 Å². The first-order valence-electron chi connectivity index (χ1n) is 6.64. The molecule has 2 aromatic carbocycles. The fourth-order valence-electron chi connectivity index (χ4n) is 2.05. The smallest absolute Gasteiger partial charge is 0.125 e. The van der Waals surface area contributed by atoms with E-state index in [1.54, 1.807) is 6.92 Å². The van der Waals surface area contributed by atoms with Crippen LogP contribution in [-0.4, -0.2) is 5.11 Å². The van der Waals surface area contributed by atoms with Gasteiger partial charge in [-0.15, -0.1) is 0 Å². The van der Waals surface area contributed by atoms with Gasteiger partial charge in [-0.25, -0.2) is 0 Å². The maximum absolute atomic E-state index is 9.81. The van der Waals surface area contributed by atoms with Crippen LogP contribution in [-0.2, 0) is 6.61 Å². The molecule has 0 radical (unpaired) electrons. The van der Waals surface area contributed by atoms with Gasteiger partial charge < -0.3 is 9.84 Å². The predicted molar refractivity (Wildman–Crippen MR) is 82.3 cm³/mol. The minimum absolute atomic E-state index is 0.391. The number of hydrogen-bond donors (Lipinski definition) is 1. The lowest BCUT2D eigenvalue weighted by Gasteiger charge is -2.15. The number of rotatable bonds is 4. The Labute approximate surface area is 125 Å². The van der Waals surface area contributed by atoms with Gasteiger partial charge in [-0.3, -0.25) is 0 Å². The summed E-state index contributed by atoms with van der Waals surface area (Å²) in [6.07, 6.45) is -0.557. The number of ether oxygens (including phenoxy) is 1. The SMILES string of the molecule is Cc1ccc(COc2ccc(C)cc2[C@H](C)O)c(Cl)c1. The predicted octanol–water partition coefficient (Wildman–Crippen LogP) is 4.59. The Hall–Kier alpha value is -1.51. The van der Waals surface area contributed by atoms with E-state index >= 15 is 0 Å². The van der Waals surface area contributed by atoms with Gasteiger partial charge in [0.2, 0.25) is 0 Å². The number of aryl methyl sites for hydroxylation is 2. The van der Waals surface area contributed by atoms with E-state index in [9.17, 15) is 5.11 Å². The van der Waals surface area contributed by atoms with Crippen molar-refractivity contribution in [2.24, 2.45) is 0 Å². The summed E-state index contributed by atoms with van der Waals surface area (Å²) in [5, 5.41) is 10.5. The van der Waals surface area contributed by atoms with Crippen LogP contribution in [0.4, 0.5) is 0 Å². The molecule has 20 heavy (non-hydrogen) atoms. The van der Waals surface area contributed by atoms with Crippen LogP contribution in [0.15, 0.2) is 36.4 Å². The van der Waals surface area contributed by atoms with Crippen molar-refractivity contribution in [3.05, 3.63) is 63.7 Å². The number of aliphatic hydroxyl groups is 1. The quantitative estimate of drug-likeness (QED) is 0.892. The summed E-state index contributed by atoms with van der Waals surface area (Å²) < 4.78 is 5.82. The van der Waals surface area contributed by atoms with Gasteiger partial charge in [0.15, 0.2) is 0 Å². The van der Waals surface area contributed by atoms with Crippen LogP contribution in [0.2, 0.25) is 5.02 Å². The molecule has 0 bridgehead atoms. The summed E-state index contributed by atoms with van der Waals surface area (Å²) in [7, 11) is 0. The second-order valence-electron chi connectivity index (χ2n) is 5.10. The van der Waals surface area contributed by atoms with Crippen molar-refractivity contribution in [2.75, 3.05) is 0 Å². The average molecular weight is 291 g/mol. The number of aliphatic hydroxyl groups excluding tert-OH is 1. The summed E-state index contributed by atoms with van der Waals surface area (Å²) in [4.78, 5) is 0. The Balaban J connectivity index is 2.18. The van der Waals surface area contributed by atoms with Crippen LogP contribution in [0, 0.1) is 13.8 Å². The Kier molecular flexibility index (Phi) is 4.69. The van der Waals surface area contributed by atoms with Gasteiger partial charge in [-0.1, -0.05) is 35.4 Å². The Morgan fingerprint density at radius 2 is 1.75 bits per heavy atom. The Morgan fingerprint density at radius 3 is 2.40 bits per heavy atom. The first-order valence-corrected chi connectivity index (χ1v) is 7.01. The molecule has 0 aromatic heterocycles. The molecule has 2 aromatic rings. The molecule has 0 saturated carbocycles. The van der Waals surface area contributed by atoms with E-state index in [-0.39, 0.29) is 0 Å². The first kappa shape index (κ1) is 14.9. The molecular formula is C17H19ClO2. The second kappa shape index (κ2) is 6.29. The number of halogens is 1. The summed E-state index contributed by atoms with van der Waals surface area (Å²) in [6.45, 7) is 6.12. The minimum atomic E-state index is -0.557. The Bertz CT molecular complexity index is 606. The zero-order valence-electron chi connectivity index (χ0n) is 12.0. The summed E-state index contributed by atoms with van der Waals surface area (Å²) in [5.74, 6) is 0.697. The molecule has 0 saturated heterocycles. The summed E-state index contributed by atoms with van der Waals surface area (Å²) >= 11 is 6.19. The lowest BCUT2D eigenvalue weighted by atomic mass is 10.1. The van der Waals surface area contributed by atoms with E-state index in [4.69, 9.17) is 16.3 Å². The third-order valence-electron chi connectivity index (χ3n) is 3.21. The highest BCUT2D eigenvalue weighted by atomic mass is 35.5. The first-order chi connectivity index (χ1) is 9.47. The lowest BCUT2D eigenvalue weighted by Crippen LogP contribution is -2.02. The highest BCUT2D eigenvalue weighted by molar-refractivity contribution is 6.31. The molecule has 0 amide bonds. The van der Waals surface area contributed by atoms with Crippen molar-refractivity contribution < 1.29 is 9.84 Å². The standard InChI is InChI=1S/C17H19ClO2/c1-11-5-7-17(15(8-11)13(3)19)20-10-14-6-4-12(2)9-16(14)18/h4-9,13,19H,10H2,1-3H3/t13-/m0/s1. The molecule has 0 heterocycles. The zero-order valence-corrected chi connectivity index (χ0v) is 12.7. The van der Waals surface area contributed by atoms with Gasteiger partial charge in [0.05, 0.1) is 6.10 Å². The average Bonchev–Trinajstić information content (AvgIpc) is 2.38. The van der Waals surface area contributed by atoms with Crippen LogP contribution >= 0.6 is 11.6 Å². The van der Waals surface area contributed by atoms with Crippen molar-refractivity contribution in [3.63, 3.8) is 0 Å². The third kappa shape index (κ3) is 3.53. The van der Waals surface area contributed by atoms with Crippen LogP contribution in [0.1, 0.15) is 35.3 Å². The highest BCUT2D eigenvalue weighted by Gasteiger charge is 2.10. The highest BCUT2D eigenvalue weighted by Crippen LogP contribution is 2.28. The molecule has 1 N–H and O–H groups in total. The van der Waals surface area contributed by atoms with Crippen molar-refractivity contribution in [1.29, 1.82) is 0 Å². The van der Waals surface area contributed by atoms with Gasteiger partial charge in [-0.2, -0.15) is 0 Å². The van der Waals surface area contributed by atoms with Gasteiger partial charge in [-0.05, 0) is 44.5 Å². The van der Waals surface area contributed by atoms with Gasteiger partial charge in [0.25, 0.3) is 0 Å². The molecule has 0 unspecified atom stereocenters. The van der Waals surface area contributed by atoms with Gasteiger partial charge in [0, 0.05) is 16.1 Å². The Morgan fingerprint density at radius 1 is 1.10 bits per heavy atom. The molecule has 3 heteroatoms. The van der Waals surface area contributed by atoms with Gasteiger partial charge >= 0.3 is 0 Å². The molecule has 2 nitrogen and oxygen atoms in total. The molecule has 2 rings (SSSR count). The van der Waals surface area contributed by atoms with Crippen molar-refractivity contribution in [2.45, 2.75) is 33.5 Å². The van der Waals surface area contributed by atoms with E-state index in [1.807, 2.05) is 50.2 Å². The van der Waals surface area contributed by atoms with Crippen LogP contribution in [0.3, 0.4) is 0 Å². The summed E-state index contributed by atoms with van der Waals surface area (Å²) in [6, 6.07) is 11.7. The molecule has 0 aliphatic heterocycles. The largest absolute Gasteiger partial charge is 0.488 e. The monoisotopic (exact) mass is 290 g/mol. The maximum atomic E-state index is 9.81. The van der Waals surface area contributed by atoms with Crippen molar-refractivity contribution >= 4 is 11.6 Å². The van der Waals surface area contributed by atoms with E-state index < -0.39 is 6.10 Å². The van der Waals surface area contributed by atoms with Gasteiger partial charge in [0.1, 0.15) is 12.4 Å². The molecule has 1 atom stereocenters. The van der Waals surface area contributed by atoms with E-state index in [2.05, 4.69) is 0 Å². The fourth-order valence-corrected chi connectivity index (χ4v) is 2.34. The lowest BCUT2D eigenvalue weighted by molar-refractivity contribution is 0.190. The van der Waals surface area contributed by atoms with E-state index in [1.165, 1.54) is 0 Å². The molecule has 0 aliphatic rings. The van der Waals surface area contributed by atoms with Crippen LogP contribution in [0.25, 0.3) is 0 Å². The van der Waals surface area contributed by atoms with Crippen LogP contribution in [0.5, 0.6) is 5.75 Å². The summed E-state index contributed by atoms with van der Waals surface area (Å²) in [5.41, 5.74) is 3.96. The molecule has 0 spiro atoms. The maximum Gasteiger partial charge on any atom is 0.125 e. The topological polar surface area (TPSA) is 29.5 Å². The minimum Gasteiger partial charge on any atom is -0.488 e.